The van der Waals surface area contributed by atoms with Gasteiger partial charge in [-0.05, 0) is 73.4 Å². The van der Waals surface area contributed by atoms with Crippen LogP contribution in [-0.4, -0.2) is 34.0 Å². The predicted octanol–water partition coefficient (Wildman–Crippen LogP) is 3.81. The number of hydrogen-bond acceptors (Lipinski definition) is 4. The number of nitrogens with zero attached hydrogens (tertiary/aromatic N) is 1. The highest BCUT2D eigenvalue weighted by atomic mass is 32.2. The van der Waals surface area contributed by atoms with Gasteiger partial charge in [0.1, 0.15) is 5.75 Å². The largest absolute Gasteiger partial charge is 0.497 e. The van der Waals surface area contributed by atoms with Crippen LogP contribution in [0.1, 0.15) is 28.4 Å². The van der Waals surface area contributed by atoms with Gasteiger partial charge in [0.05, 0.1) is 17.7 Å². The van der Waals surface area contributed by atoms with E-state index in [-0.39, 0.29) is 16.8 Å². The Bertz CT molecular complexity index is 1210. The highest BCUT2D eigenvalue weighted by Crippen LogP contribution is 2.37. The van der Waals surface area contributed by atoms with Gasteiger partial charge < -0.3 is 10.1 Å². The van der Waals surface area contributed by atoms with Crippen LogP contribution in [0, 0.1) is 0 Å². The molecule has 166 valence electrons. The number of carbonyl (C=O) groups excluding carboxylic acids is 1. The Morgan fingerprint density at radius 3 is 2.47 bits per heavy atom. The zero-order valence-electron chi connectivity index (χ0n) is 18.1. The van der Waals surface area contributed by atoms with Crippen molar-refractivity contribution < 1.29 is 17.9 Å². The molecule has 0 bridgehead atoms. The van der Waals surface area contributed by atoms with Crippen molar-refractivity contribution in [3.05, 3.63) is 89.5 Å². The molecule has 1 aliphatic heterocycles. The summed E-state index contributed by atoms with van der Waals surface area (Å²) in [6.07, 6.45) is 1.27. The summed E-state index contributed by atoms with van der Waals surface area (Å²) in [5.74, 6) is 0.631. The third-order valence-electron chi connectivity index (χ3n) is 5.65. The third kappa shape index (κ3) is 4.34. The Balaban J connectivity index is 1.46. The Morgan fingerprint density at radius 1 is 1.06 bits per heavy atom. The zero-order chi connectivity index (χ0) is 22.7. The normalized spacial score (nSPS) is 15.3. The van der Waals surface area contributed by atoms with Crippen LogP contribution >= 0.6 is 0 Å². The first-order valence-electron chi connectivity index (χ1n) is 10.5. The minimum absolute atomic E-state index is 0.168. The smallest absolute Gasteiger partial charge is 0.264 e. The van der Waals surface area contributed by atoms with Crippen LogP contribution in [0.15, 0.2) is 77.7 Å². The van der Waals surface area contributed by atoms with Crippen molar-refractivity contribution in [2.75, 3.05) is 18.0 Å². The van der Waals surface area contributed by atoms with E-state index in [1.54, 1.807) is 55.6 Å². The van der Waals surface area contributed by atoms with Gasteiger partial charge in [-0.15, -0.1) is 0 Å². The van der Waals surface area contributed by atoms with E-state index in [0.717, 1.165) is 16.9 Å². The molecule has 0 saturated heterocycles. The number of amides is 1. The molecule has 7 heteroatoms. The van der Waals surface area contributed by atoms with Crippen LogP contribution in [0.25, 0.3) is 0 Å². The van der Waals surface area contributed by atoms with E-state index in [2.05, 4.69) is 5.32 Å². The van der Waals surface area contributed by atoms with E-state index >= 15 is 0 Å². The molecule has 3 aromatic rings. The van der Waals surface area contributed by atoms with Crippen molar-refractivity contribution >= 4 is 21.6 Å². The minimum atomic E-state index is -3.66. The first-order valence-corrected chi connectivity index (χ1v) is 12.0. The molecule has 0 saturated carbocycles. The maximum Gasteiger partial charge on any atom is 0.264 e. The van der Waals surface area contributed by atoms with E-state index < -0.39 is 10.0 Å². The average Bonchev–Trinajstić information content (AvgIpc) is 3.15. The minimum Gasteiger partial charge on any atom is -0.497 e. The molecular weight excluding hydrogens is 424 g/mol. The van der Waals surface area contributed by atoms with Gasteiger partial charge in [0.25, 0.3) is 15.9 Å². The van der Waals surface area contributed by atoms with Crippen molar-refractivity contribution in [1.82, 2.24) is 5.32 Å². The van der Waals surface area contributed by atoms with E-state index in [1.165, 1.54) is 4.31 Å². The van der Waals surface area contributed by atoms with Crippen molar-refractivity contribution in [3.8, 4) is 5.75 Å². The van der Waals surface area contributed by atoms with Crippen molar-refractivity contribution in [1.29, 1.82) is 0 Å². The third-order valence-corrected chi connectivity index (χ3v) is 7.60. The van der Waals surface area contributed by atoms with Gasteiger partial charge in [-0.2, -0.15) is 0 Å². The molecule has 0 radical (unpaired) electrons. The molecule has 4 rings (SSSR count). The topological polar surface area (TPSA) is 75.7 Å². The Labute approximate surface area is 188 Å². The SMILES string of the molecule is COc1ccc(CCNC(=O)c2ccc3c(c2)C[C@@H](C)N3S(=O)(=O)c2ccccc2)cc1. The number of methoxy groups -OCH3 is 1. The summed E-state index contributed by atoms with van der Waals surface area (Å²) in [4.78, 5) is 12.9. The summed E-state index contributed by atoms with van der Waals surface area (Å²) in [5, 5.41) is 2.94. The first kappa shape index (κ1) is 21.9. The van der Waals surface area contributed by atoms with Crippen LogP contribution < -0.4 is 14.4 Å². The van der Waals surface area contributed by atoms with Gasteiger partial charge in [0, 0.05) is 18.2 Å². The molecule has 6 nitrogen and oxygen atoms in total. The number of carbonyl (C=O) groups is 1. The lowest BCUT2D eigenvalue weighted by atomic mass is 10.1. The summed E-state index contributed by atoms with van der Waals surface area (Å²) in [5.41, 5.74) is 3.14. The average molecular weight is 451 g/mol. The van der Waals surface area contributed by atoms with Gasteiger partial charge in [-0.25, -0.2) is 8.42 Å². The fourth-order valence-electron chi connectivity index (χ4n) is 4.03. The number of rotatable bonds is 7. The molecule has 0 fully saturated rings. The molecule has 1 heterocycles. The molecule has 1 amide bonds. The summed E-state index contributed by atoms with van der Waals surface area (Å²) >= 11 is 0. The molecular formula is C25H26N2O4S. The standard InChI is InChI=1S/C25H26N2O4S/c1-18-16-21-17-20(25(28)26-15-14-19-8-11-22(31-2)12-9-19)10-13-24(21)27(18)32(29,30)23-6-4-3-5-7-23/h3-13,17-18H,14-16H2,1-2H3,(H,26,28)/t18-/m1/s1. The Kier molecular flexibility index (Phi) is 6.19. The highest BCUT2D eigenvalue weighted by Gasteiger charge is 2.36. The summed E-state index contributed by atoms with van der Waals surface area (Å²) in [6.45, 7) is 2.39. The predicted molar refractivity (Wildman–Crippen MR) is 125 cm³/mol. The molecule has 1 atom stereocenters. The number of fused-ring (bicyclic) bond motifs is 1. The van der Waals surface area contributed by atoms with Crippen LogP contribution in [0.5, 0.6) is 5.75 Å². The molecule has 32 heavy (non-hydrogen) atoms. The lowest BCUT2D eigenvalue weighted by molar-refractivity contribution is 0.0954. The van der Waals surface area contributed by atoms with Crippen LogP contribution in [-0.2, 0) is 22.9 Å². The maximum absolute atomic E-state index is 13.2. The number of sulfonamides is 1. The zero-order valence-corrected chi connectivity index (χ0v) is 18.9. The van der Waals surface area contributed by atoms with Crippen LogP contribution in [0.2, 0.25) is 0 Å². The lowest BCUT2D eigenvalue weighted by Crippen LogP contribution is -2.35. The highest BCUT2D eigenvalue weighted by molar-refractivity contribution is 7.92. The number of benzene rings is 3. The summed E-state index contributed by atoms with van der Waals surface area (Å²) in [6, 6.07) is 21.2. The Hall–Kier alpha value is -3.32. The number of nitrogens with one attached hydrogen (secondary N) is 1. The number of hydrogen-bond donors (Lipinski definition) is 1. The van der Waals surface area contributed by atoms with E-state index in [4.69, 9.17) is 4.74 Å². The maximum atomic E-state index is 13.2. The molecule has 1 N–H and O–H groups in total. The number of anilines is 1. The van der Waals surface area contributed by atoms with Crippen molar-refractivity contribution in [2.24, 2.45) is 0 Å². The summed E-state index contributed by atoms with van der Waals surface area (Å²) in [7, 11) is -2.03. The second-order valence-electron chi connectivity index (χ2n) is 7.86. The van der Waals surface area contributed by atoms with Crippen molar-refractivity contribution in [2.45, 2.75) is 30.7 Å². The lowest BCUT2D eigenvalue weighted by Gasteiger charge is -2.24. The van der Waals surface area contributed by atoms with Gasteiger partial charge in [0.15, 0.2) is 0 Å². The Morgan fingerprint density at radius 2 is 1.78 bits per heavy atom. The van der Waals surface area contributed by atoms with E-state index in [9.17, 15) is 13.2 Å². The molecule has 0 aromatic heterocycles. The van der Waals surface area contributed by atoms with Crippen molar-refractivity contribution in [3.63, 3.8) is 0 Å². The second-order valence-corrected chi connectivity index (χ2v) is 9.68. The monoisotopic (exact) mass is 450 g/mol. The molecule has 0 aliphatic carbocycles. The van der Waals surface area contributed by atoms with Gasteiger partial charge >= 0.3 is 0 Å². The first-order chi connectivity index (χ1) is 15.4. The number of ether oxygens (including phenoxy) is 1. The summed E-state index contributed by atoms with van der Waals surface area (Å²) < 4.78 is 33.0. The quantitative estimate of drug-likeness (QED) is 0.594. The fourth-order valence-corrected chi connectivity index (χ4v) is 5.74. The van der Waals surface area contributed by atoms with E-state index in [0.29, 0.717) is 30.6 Å². The van der Waals surface area contributed by atoms with Gasteiger partial charge in [0.2, 0.25) is 0 Å². The molecule has 0 spiro atoms. The second kappa shape index (κ2) is 9.04. The molecule has 3 aromatic carbocycles. The van der Waals surface area contributed by atoms with Gasteiger partial charge in [-0.3, -0.25) is 9.10 Å². The molecule has 1 aliphatic rings. The van der Waals surface area contributed by atoms with Crippen LogP contribution in [0.4, 0.5) is 5.69 Å². The fraction of sp³-hybridized carbons (Fsp3) is 0.240. The molecule has 0 unspecified atom stereocenters. The van der Waals surface area contributed by atoms with Crippen LogP contribution in [0.3, 0.4) is 0 Å². The van der Waals surface area contributed by atoms with E-state index in [1.807, 2.05) is 31.2 Å². The van der Waals surface area contributed by atoms with Gasteiger partial charge in [-0.1, -0.05) is 30.3 Å².